The topological polar surface area (TPSA) is 49.4 Å². The van der Waals surface area contributed by atoms with E-state index in [1.54, 1.807) is 14.1 Å². The van der Waals surface area contributed by atoms with Crippen molar-refractivity contribution in [2.75, 3.05) is 20.6 Å². The zero-order valence-electron chi connectivity index (χ0n) is 10.2. The third kappa shape index (κ3) is 5.52. The Kier molecular flexibility index (Phi) is 6.96. The lowest BCUT2D eigenvalue weighted by molar-refractivity contribution is -0.133. The summed E-state index contributed by atoms with van der Waals surface area (Å²) in [6.07, 6.45) is 2.95. The summed E-state index contributed by atoms with van der Waals surface area (Å²) in [5.41, 5.74) is 0. The lowest BCUT2D eigenvalue weighted by atomic mass is 10.1. The van der Waals surface area contributed by atoms with Crippen molar-refractivity contribution in [2.24, 2.45) is 0 Å². The fourth-order valence-electron chi connectivity index (χ4n) is 1.33. The highest BCUT2D eigenvalue weighted by atomic mass is 16.2. The minimum atomic E-state index is -0.119. The number of Topliss-reactive ketones (excluding diaryl/α,β-unsaturated/α-hetero) is 1. The molecule has 1 N–H and O–H groups in total. The van der Waals surface area contributed by atoms with Crippen LogP contribution in [0.1, 0.15) is 33.1 Å². The summed E-state index contributed by atoms with van der Waals surface area (Å²) in [5, 5.41) is 2.99. The molecule has 1 atom stereocenters. The number of hydrogen-bond donors (Lipinski definition) is 1. The molecule has 0 aliphatic carbocycles. The maximum atomic E-state index is 11.7. The summed E-state index contributed by atoms with van der Waals surface area (Å²) in [7, 11) is 3.43. The number of carbonyl (C=O) groups excluding carboxylic acids is 2. The number of likely N-dealkylation sites (N-methyl/N-ethyl adjacent to an activating group) is 2. The average Bonchev–Trinajstić information content (AvgIpc) is 2.18. The van der Waals surface area contributed by atoms with Gasteiger partial charge in [0.25, 0.3) is 0 Å². The summed E-state index contributed by atoms with van der Waals surface area (Å²) in [6, 6.07) is -0.119. The Hall–Kier alpha value is -0.900. The van der Waals surface area contributed by atoms with Gasteiger partial charge in [0.2, 0.25) is 5.91 Å². The molecular formula is C11H22N2O2. The van der Waals surface area contributed by atoms with E-state index in [1.165, 1.54) is 11.8 Å². The Morgan fingerprint density at radius 3 is 2.40 bits per heavy atom. The monoisotopic (exact) mass is 214 g/mol. The molecule has 0 heterocycles. The number of ketones is 1. The molecular weight excluding hydrogens is 192 g/mol. The highest BCUT2D eigenvalue weighted by Gasteiger charge is 2.18. The van der Waals surface area contributed by atoms with E-state index in [4.69, 9.17) is 0 Å². The van der Waals surface area contributed by atoms with Gasteiger partial charge in [-0.15, -0.1) is 0 Å². The zero-order valence-corrected chi connectivity index (χ0v) is 10.2. The SMILES string of the molecule is CCCCC(NC)C(=O)CN(C)C(C)=O. The van der Waals surface area contributed by atoms with Crippen molar-refractivity contribution in [3.8, 4) is 0 Å². The molecule has 0 rings (SSSR count). The Bertz CT molecular complexity index is 217. The van der Waals surface area contributed by atoms with Crippen molar-refractivity contribution >= 4 is 11.7 Å². The van der Waals surface area contributed by atoms with Crippen LogP contribution in [0.25, 0.3) is 0 Å². The maximum Gasteiger partial charge on any atom is 0.219 e. The van der Waals surface area contributed by atoms with Crippen LogP contribution in [0.2, 0.25) is 0 Å². The number of unbranched alkanes of at least 4 members (excludes halogenated alkanes) is 1. The number of carbonyl (C=O) groups is 2. The minimum absolute atomic E-state index is 0.0753. The second-order valence-corrected chi connectivity index (χ2v) is 3.82. The van der Waals surface area contributed by atoms with Gasteiger partial charge in [-0.05, 0) is 13.5 Å². The van der Waals surface area contributed by atoms with Crippen molar-refractivity contribution in [2.45, 2.75) is 39.2 Å². The van der Waals surface area contributed by atoms with Crippen LogP contribution < -0.4 is 5.32 Å². The van der Waals surface area contributed by atoms with Gasteiger partial charge in [0.05, 0.1) is 12.6 Å². The van der Waals surface area contributed by atoms with Gasteiger partial charge in [-0.1, -0.05) is 19.8 Å². The van der Waals surface area contributed by atoms with E-state index < -0.39 is 0 Å². The first-order valence-electron chi connectivity index (χ1n) is 5.44. The van der Waals surface area contributed by atoms with E-state index in [-0.39, 0.29) is 24.3 Å². The Balaban J connectivity index is 4.09. The summed E-state index contributed by atoms with van der Waals surface area (Å²) < 4.78 is 0. The van der Waals surface area contributed by atoms with Gasteiger partial charge in [0, 0.05) is 14.0 Å². The highest BCUT2D eigenvalue weighted by Crippen LogP contribution is 2.02. The number of hydrogen-bond acceptors (Lipinski definition) is 3. The smallest absolute Gasteiger partial charge is 0.219 e. The van der Waals surface area contributed by atoms with E-state index in [0.717, 1.165) is 19.3 Å². The molecule has 0 aromatic heterocycles. The molecule has 15 heavy (non-hydrogen) atoms. The quantitative estimate of drug-likeness (QED) is 0.682. The predicted molar refractivity (Wildman–Crippen MR) is 60.7 cm³/mol. The molecule has 0 bridgehead atoms. The molecule has 4 heteroatoms. The fraction of sp³-hybridized carbons (Fsp3) is 0.818. The lowest BCUT2D eigenvalue weighted by Gasteiger charge is -2.19. The van der Waals surface area contributed by atoms with Crippen LogP contribution >= 0.6 is 0 Å². The van der Waals surface area contributed by atoms with Crippen molar-refractivity contribution in [1.82, 2.24) is 10.2 Å². The third-order valence-corrected chi connectivity index (χ3v) is 2.51. The van der Waals surface area contributed by atoms with Gasteiger partial charge in [0.15, 0.2) is 5.78 Å². The number of amides is 1. The molecule has 0 aliphatic rings. The first kappa shape index (κ1) is 14.1. The average molecular weight is 214 g/mol. The Morgan fingerprint density at radius 2 is 2.00 bits per heavy atom. The molecule has 0 saturated heterocycles. The highest BCUT2D eigenvalue weighted by molar-refractivity contribution is 5.89. The van der Waals surface area contributed by atoms with Gasteiger partial charge in [0.1, 0.15) is 0 Å². The van der Waals surface area contributed by atoms with Crippen LogP contribution in [0.5, 0.6) is 0 Å². The molecule has 1 unspecified atom stereocenters. The summed E-state index contributed by atoms with van der Waals surface area (Å²) >= 11 is 0. The van der Waals surface area contributed by atoms with Crippen LogP contribution in [0, 0.1) is 0 Å². The summed E-state index contributed by atoms with van der Waals surface area (Å²) in [6.45, 7) is 3.76. The van der Waals surface area contributed by atoms with Gasteiger partial charge in [-0.2, -0.15) is 0 Å². The standard InChI is InChI=1S/C11H22N2O2/c1-5-6-7-10(12-3)11(15)8-13(4)9(2)14/h10,12H,5-8H2,1-4H3. The first-order chi connectivity index (χ1) is 7.02. The molecule has 0 spiro atoms. The minimum Gasteiger partial charge on any atom is -0.339 e. The van der Waals surface area contributed by atoms with E-state index in [0.29, 0.717) is 0 Å². The molecule has 1 amide bonds. The van der Waals surface area contributed by atoms with Gasteiger partial charge < -0.3 is 10.2 Å². The number of nitrogens with zero attached hydrogens (tertiary/aromatic N) is 1. The van der Waals surface area contributed by atoms with Crippen LogP contribution in [0.4, 0.5) is 0 Å². The van der Waals surface area contributed by atoms with Crippen molar-refractivity contribution < 1.29 is 9.59 Å². The second kappa shape index (κ2) is 7.40. The van der Waals surface area contributed by atoms with Gasteiger partial charge in [-0.3, -0.25) is 9.59 Å². The molecule has 88 valence electrons. The van der Waals surface area contributed by atoms with Crippen molar-refractivity contribution in [3.63, 3.8) is 0 Å². The first-order valence-corrected chi connectivity index (χ1v) is 5.44. The van der Waals surface area contributed by atoms with E-state index in [2.05, 4.69) is 12.2 Å². The van der Waals surface area contributed by atoms with E-state index >= 15 is 0 Å². The lowest BCUT2D eigenvalue weighted by Crippen LogP contribution is -2.41. The molecule has 0 aromatic carbocycles. The number of nitrogens with one attached hydrogen (secondary N) is 1. The largest absolute Gasteiger partial charge is 0.339 e. The second-order valence-electron chi connectivity index (χ2n) is 3.82. The molecule has 0 aromatic rings. The fourth-order valence-corrected chi connectivity index (χ4v) is 1.33. The van der Waals surface area contributed by atoms with E-state index in [9.17, 15) is 9.59 Å². The van der Waals surface area contributed by atoms with Crippen molar-refractivity contribution in [1.29, 1.82) is 0 Å². The van der Waals surface area contributed by atoms with Gasteiger partial charge in [-0.25, -0.2) is 0 Å². The predicted octanol–water partition coefficient (Wildman–Crippen LogP) is 0.812. The normalized spacial score (nSPS) is 12.3. The van der Waals surface area contributed by atoms with Crippen molar-refractivity contribution in [3.05, 3.63) is 0 Å². The van der Waals surface area contributed by atoms with Crippen LogP contribution in [-0.2, 0) is 9.59 Å². The number of rotatable bonds is 7. The molecule has 0 saturated carbocycles. The molecule has 0 radical (unpaired) electrons. The van der Waals surface area contributed by atoms with Gasteiger partial charge >= 0.3 is 0 Å². The Labute approximate surface area is 92.0 Å². The summed E-state index contributed by atoms with van der Waals surface area (Å²) in [4.78, 5) is 24.1. The Morgan fingerprint density at radius 1 is 1.40 bits per heavy atom. The van der Waals surface area contributed by atoms with E-state index in [1.807, 2.05) is 0 Å². The van der Waals surface area contributed by atoms with Crippen LogP contribution in [0.15, 0.2) is 0 Å². The maximum absolute atomic E-state index is 11.7. The third-order valence-electron chi connectivity index (χ3n) is 2.51. The van der Waals surface area contributed by atoms with Crippen LogP contribution in [-0.4, -0.2) is 43.3 Å². The molecule has 0 aliphatic heterocycles. The zero-order chi connectivity index (χ0) is 11.8. The van der Waals surface area contributed by atoms with Crippen LogP contribution in [0.3, 0.4) is 0 Å². The molecule has 0 fully saturated rings. The summed E-state index contributed by atoms with van der Waals surface area (Å²) in [5.74, 6) is 0.0114. The molecule has 4 nitrogen and oxygen atoms in total.